The molecule has 26 heavy (non-hydrogen) atoms. The fraction of sp³-hybridized carbons (Fsp3) is 0.526. The van der Waals surface area contributed by atoms with Gasteiger partial charge in [-0.2, -0.15) is 0 Å². The van der Waals surface area contributed by atoms with Gasteiger partial charge >= 0.3 is 0 Å². The number of benzene rings is 1. The Kier molecular flexibility index (Phi) is 7.45. The van der Waals surface area contributed by atoms with E-state index in [1.54, 1.807) is 36.1 Å². The first-order valence-corrected chi connectivity index (χ1v) is 9.43. The van der Waals surface area contributed by atoms with E-state index in [1.807, 2.05) is 6.92 Å². The molecule has 1 heterocycles. The van der Waals surface area contributed by atoms with Crippen LogP contribution in [0.15, 0.2) is 24.3 Å². The number of nitrogens with zero attached hydrogens (tertiary/aromatic N) is 1. The summed E-state index contributed by atoms with van der Waals surface area (Å²) in [6, 6.07) is 6.25. The highest BCUT2D eigenvalue weighted by Gasteiger charge is 2.29. The van der Waals surface area contributed by atoms with Crippen molar-refractivity contribution < 1.29 is 14.4 Å². The normalized spacial score (nSPS) is 16.0. The number of halogens is 1. The number of rotatable bonds is 6. The largest absolute Gasteiger partial charge is 0.354 e. The minimum atomic E-state index is -0.553. The van der Waals surface area contributed by atoms with Crippen LogP contribution in [-0.2, 0) is 9.59 Å². The minimum Gasteiger partial charge on any atom is -0.354 e. The first-order valence-electron chi connectivity index (χ1n) is 9.05. The highest BCUT2D eigenvalue weighted by atomic mass is 35.5. The van der Waals surface area contributed by atoms with Crippen LogP contribution in [0, 0.1) is 5.92 Å². The van der Waals surface area contributed by atoms with Crippen LogP contribution >= 0.6 is 11.6 Å². The predicted octanol–water partition coefficient (Wildman–Crippen LogP) is 2.22. The van der Waals surface area contributed by atoms with Crippen molar-refractivity contribution >= 4 is 29.3 Å². The molecule has 0 saturated carbocycles. The van der Waals surface area contributed by atoms with Crippen molar-refractivity contribution in [2.45, 2.75) is 39.2 Å². The van der Waals surface area contributed by atoms with E-state index in [1.165, 1.54) is 0 Å². The summed E-state index contributed by atoms with van der Waals surface area (Å²) >= 11 is 5.85. The van der Waals surface area contributed by atoms with Gasteiger partial charge in [0.25, 0.3) is 5.91 Å². The Morgan fingerprint density at radius 3 is 2.38 bits per heavy atom. The first kappa shape index (κ1) is 20.2. The fourth-order valence-electron chi connectivity index (χ4n) is 2.92. The molecule has 1 aliphatic heterocycles. The molecule has 0 radical (unpaired) electrons. The molecule has 1 saturated heterocycles. The Labute approximate surface area is 159 Å². The Hall–Kier alpha value is -2.08. The molecular formula is C19H26ClN3O3. The van der Waals surface area contributed by atoms with Gasteiger partial charge in [-0.3, -0.25) is 14.4 Å². The zero-order valence-electron chi connectivity index (χ0n) is 15.3. The first-order chi connectivity index (χ1) is 12.4. The SMILES string of the molecule is CCCNC(=O)[C@@H](C)NC(=O)C1CCN(C(=O)c2ccc(Cl)cc2)CC1. The van der Waals surface area contributed by atoms with E-state index in [0.717, 1.165) is 6.42 Å². The lowest BCUT2D eigenvalue weighted by atomic mass is 9.95. The second kappa shape index (κ2) is 9.57. The molecule has 0 aromatic heterocycles. The number of carbonyl (C=O) groups excluding carboxylic acids is 3. The van der Waals surface area contributed by atoms with Crippen molar-refractivity contribution in [3.8, 4) is 0 Å². The molecule has 142 valence electrons. The molecule has 0 aliphatic carbocycles. The van der Waals surface area contributed by atoms with Crippen LogP contribution in [0.3, 0.4) is 0 Å². The Bertz CT molecular complexity index is 640. The van der Waals surface area contributed by atoms with E-state index in [9.17, 15) is 14.4 Å². The molecule has 3 amide bonds. The maximum Gasteiger partial charge on any atom is 0.253 e. The van der Waals surface area contributed by atoms with E-state index in [2.05, 4.69) is 10.6 Å². The third-order valence-electron chi connectivity index (χ3n) is 4.55. The molecule has 2 rings (SSSR count). The van der Waals surface area contributed by atoms with Crippen LogP contribution < -0.4 is 10.6 Å². The van der Waals surface area contributed by atoms with Gasteiger partial charge in [0.2, 0.25) is 11.8 Å². The molecule has 0 unspecified atom stereocenters. The highest BCUT2D eigenvalue weighted by molar-refractivity contribution is 6.30. The van der Waals surface area contributed by atoms with Crippen molar-refractivity contribution in [1.82, 2.24) is 15.5 Å². The Balaban J connectivity index is 1.81. The van der Waals surface area contributed by atoms with Crippen molar-refractivity contribution in [3.63, 3.8) is 0 Å². The smallest absolute Gasteiger partial charge is 0.253 e. The van der Waals surface area contributed by atoms with Gasteiger partial charge in [-0.1, -0.05) is 18.5 Å². The third kappa shape index (κ3) is 5.46. The number of likely N-dealkylation sites (tertiary alicyclic amines) is 1. The summed E-state index contributed by atoms with van der Waals surface area (Å²) in [4.78, 5) is 38.5. The summed E-state index contributed by atoms with van der Waals surface area (Å²) in [6.07, 6.45) is 2.04. The van der Waals surface area contributed by atoms with Gasteiger partial charge in [0.1, 0.15) is 6.04 Å². The molecule has 6 nitrogen and oxygen atoms in total. The van der Waals surface area contributed by atoms with Gasteiger partial charge in [-0.15, -0.1) is 0 Å². The van der Waals surface area contributed by atoms with Gasteiger partial charge in [0, 0.05) is 36.1 Å². The lowest BCUT2D eigenvalue weighted by Crippen LogP contribution is -2.49. The van der Waals surface area contributed by atoms with E-state index in [4.69, 9.17) is 11.6 Å². The molecule has 1 atom stereocenters. The van der Waals surface area contributed by atoms with E-state index < -0.39 is 6.04 Å². The standard InChI is InChI=1S/C19H26ClN3O3/c1-3-10-21-17(24)13(2)22-18(25)14-8-11-23(12-9-14)19(26)15-4-6-16(20)7-5-15/h4-7,13-14H,3,8-12H2,1-2H3,(H,21,24)(H,22,25)/t13-/m1/s1. The average molecular weight is 380 g/mol. The van der Waals surface area contributed by atoms with Crippen LogP contribution in [0.25, 0.3) is 0 Å². The maximum absolute atomic E-state index is 12.5. The maximum atomic E-state index is 12.5. The molecule has 1 aliphatic rings. The van der Waals surface area contributed by atoms with Crippen LogP contribution in [0.5, 0.6) is 0 Å². The van der Waals surface area contributed by atoms with Crippen molar-refractivity contribution in [2.24, 2.45) is 5.92 Å². The highest BCUT2D eigenvalue weighted by Crippen LogP contribution is 2.20. The lowest BCUT2D eigenvalue weighted by Gasteiger charge is -2.32. The number of hydrogen-bond donors (Lipinski definition) is 2. The van der Waals surface area contributed by atoms with Crippen molar-refractivity contribution in [3.05, 3.63) is 34.9 Å². The van der Waals surface area contributed by atoms with Gasteiger partial charge < -0.3 is 15.5 Å². The Morgan fingerprint density at radius 1 is 1.19 bits per heavy atom. The van der Waals surface area contributed by atoms with E-state index in [-0.39, 0.29) is 23.6 Å². The molecule has 1 aromatic carbocycles. The van der Waals surface area contributed by atoms with E-state index in [0.29, 0.717) is 43.1 Å². The van der Waals surface area contributed by atoms with Crippen molar-refractivity contribution in [1.29, 1.82) is 0 Å². The van der Waals surface area contributed by atoms with Crippen LogP contribution in [0.2, 0.25) is 5.02 Å². The zero-order valence-corrected chi connectivity index (χ0v) is 16.0. The number of nitrogens with one attached hydrogen (secondary N) is 2. The topological polar surface area (TPSA) is 78.5 Å². The van der Waals surface area contributed by atoms with Gasteiger partial charge in [-0.25, -0.2) is 0 Å². The second-order valence-electron chi connectivity index (χ2n) is 6.59. The summed E-state index contributed by atoms with van der Waals surface area (Å²) in [5.41, 5.74) is 0.596. The summed E-state index contributed by atoms with van der Waals surface area (Å²) in [7, 11) is 0. The minimum absolute atomic E-state index is 0.0483. The number of hydrogen-bond acceptors (Lipinski definition) is 3. The van der Waals surface area contributed by atoms with Crippen molar-refractivity contribution in [2.75, 3.05) is 19.6 Å². The quantitative estimate of drug-likeness (QED) is 0.795. The summed E-state index contributed by atoms with van der Waals surface area (Å²) in [5.74, 6) is -0.517. The summed E-state index contributed by atoms with van der Waals surface area (Å²) < 4.78 is 0. The van der Waals surface area contributed by atoms with Crippen LogP contribution in [0.4, 0.5) is 0 Å². The van der Waals surface area contributed by atoms with Gasteiger partial charge in [-0.05, 0) is 50.5 Å². The van der Waals surface area contributed by atoms with Gasteiger partial charge in [0.05, 0.1) is 0 Å². The van der Waals surface area contributed by atoms with Gasteiger partial charge in [0.15, 0.2) is 0 Å². The van der Waals surface area contributed by atoms with E-state index >= 15 is 0 Å². The zero-order chi connectivity index (χ0) is 19.1. The number of carbonyl (C=O) groups is 3. The molecule has 1 fully saturated rings. The fourth-order valence-corrected chi connectivity index (χ4v) is 3.04. The molecule has 0 spiro atoms. The predicted molar refractivity (Wildman–Crippen MR) is 101 cm³/mol. The molecule has 1 aromatic rings. The molecular weight excluding hydrogens is 354 g/mol. The molecule has 0 bridgehead atoms. The van der Waals surface area contributed by atoms with Crippen LogP contribution in [-0.4, -0.2) is 48.3 Å². The molecule has 7 heteroatoms. The lowest BCUT2D eigenvalue weighted by molar-refractivity contribution is -0.131. The summed E-state index contributed by atoms with van der Waals surface area (Å²) in [6.45, 7) is 5.31. The summed E-state index contributed by atoms with van der Waals surface area (Å²) in [5, 5.41) is 6.13. The monoisotopic (exact) mass is 379 g/mol. The average Bonchev–Trinajstić information content (AvgIpc) is 2.66. The Morgan fingerprint density at radius 2 is 1.81 bits per heavy atom. The second-order valence-corrected chi connectivity index (χ2v) is 7.03. The molecule has 2 N–H and O–H groups in total. The number of amides is 3. The third-order valence-corrected chi connectivity index (χ3v) is 4.80. The van der Waals surface area contributed by atoms with Crippen LogP contribution in [0.1, 0.15) is 43.5 Å². The number of piperidine rings is 1.